The highest BCUT2D eigenvalue weighted by Crippen LogP contribution is 2.23. The maximum absolute atomic E-state index is 5.79. The Morgan fingerprint density at radius 1 is 1.00 bits per heavy atom. The van der Waals surface area contributed by atoms with Crippen molar-refractivity contribution in [2.45, 2.75) is 6.23 Å². The molecule has 0 aliphatic carbocycles. The van der Waals surface area contributed by atoms with Gasteiger partial charge in [0.2, 0.25) is 0 Å². The van der Waals surface area contributed by atoms with Gasteiger partial charge in [-0.05, 0) is 34.5 Å². The third-order valence-electron chi connectivity index (χ3n) is 2.65. The fourth-order valence-electron chi connectivity index (χ4n) is 1.68. The molecule has 0 aliphatic heterocycles. The summed E-state index contributed by atoms with van der Waals surface area (Å²) in [4.78, 5) is 0. The Labute approximate surface area is 94.8 Å². The third-order valence-corrected chi connectivity index (χ3v) is 2.65. The lowest BCUT2D eigenvalue weighted by molar-refractivity contribution is 0.109. The van der Waals surface area contributed by atoms with Gasteiger partial charge >= 0.3 is 0 Å². The maximum atomic E-state index is 5.79. The molecule has 2 rings (SSSR count). The highest BCUT2D eigenvalue weighted by Gasteiger charge is 2.05. The highest BCUT2D eigenvalue weighted by atomic mass is 16.5. The topological polar surface area (TPSA) is 44.5 Å². The van der Waals surface area contributed by atoms with E-state index in [4.69, 9.17) is 15.2 Å². The highest BCUT2D eigenvalue weighted by molar-refractivity contribution is 5.84. The molecule has 0 aliphatic rings. The molecule has 0 saturated carbocycles. The normalized spacial score (nSPS) is 12.7. The summed E-state index contributed by atoms with van der Waals surface area (Å²) >= 11 is 0. The van der Waals surface area contributed by atoms with Crippen molar-refractivity contribution in [1.82, 2.24) is 0 Å². The predicted octanol–water partition coefficient (Wildman–Crippen LogP) is 2.45. The SMILES string of the molecule is COc1ccc2cc(C(N)OC)ccc2c1. The molecule has 3 heteroatoms. The standard InChI is InChI=1S/C13H15NO2/c1-15-12-6-5-9-7-11(13(14)16-2)4-3-10(9)8-12/h3-8,13H,14H2,1-2H3. The van der Waals surface area contributed by atoms with Crippen molar-refractivity contribution in [3.05, 3.63) is 42.0 Å². The van der Waals surface area contributed by atoms with Crippen LogP contribution in [0.15, 0.2) is 36.4 Å². The second-order valence-electron chi connectivity index (χ2n) is 3.63. The lowest BCUT2D eigenvalue weighted by atomic mass is 10.1. The summed E-state index contributed by atoms with van der Waals surface area (Å²) in [6, 6.07) is 12.0. The van der Waals surface area contributed by atoms with E-state index in [9.17, 15) is 0 Å². The van der Waals surface area contributed by atoms with Crippen LogP contribution in [0.25, 0.3) is 10.8 Å². The first-order chi connectivity index (χ1) is 7.74. The average molecular weight is 217 g/mol. The largest absolute Gasteiger partial charge is 0.497 e. The summed E-state index contributed by atoms with van der Waals surface area (Å²) < 4.78 is 10.3. The molecule has 2 aromatic carbocycles. The fourth-order valence-corrected chi connectivity index (χ4v) is 1.68. The lowest BCUT2D eigenvalue weighted by Crippen LogP contribution is -2.11. The Balaban J connectivity index is 2.47. The molecule has 84 valence electrons. The zero-order chi connectivity index (χ0) is 11.5. The second-order valence-corrected chi connectivity index (χ2v) is 3.63. The molecule has 0 saturated heterocycles. The number of rotatable bonds is 3. The fraction of sp³-hybridized carbons (Fsp3) is 0.231. The van der Waals surface area contributed by atoms with E-state index in [-0.39, 0.29) is 6.23 Å². The molecule has 16 heavy (non-hydrogen) atoms. The van der Waals surface area contributed by atoms with Crippen LogP contribution in [0, 0.1) is 0 Å². The quantitative estimate of drug-likeness (QED) is 0.803. The molecule has 2 aromatic rings. The summed E-state index contributed by atoms with van der Waals surface area (Å²) in [5.41, 5.74) is 6.77. The van der Waals surface area contributed by atoms with Crippen LogP contribution in [0.1, 0.15) is 11.8 Å². The number of methoxy groups -OCH3 is 2. The Hall–Kier alpha value is -1.58. The zero-order valence-electron chi connectivity index (χ0n) is 9.44. The first-order valence-corrected chi connectivity index (χ1v) is 5.10. The summed E-state index contributed by atoms with van der Waals surface area (Å²) in [6.07, 6.45) is -0.369. The molecule has 3 nitrogen and oxygen atoms in total. The van der Waals surface area contributed by atoms with E-state index >= 15 is 0 Å². The molecule has 0 amide bonds. The van der Waals surface area contributed by atoms with Crippen LogP contribution in [-0.4, -0.2) is 14.2 Å². The zero-order valence-corrected chi connectivity index (χ0v) is 9.44. The molecular weight excluding hydrogens is 202 g/mol. The van der Waals surface area contributed by atoms with Crippen molar-refractivity contribution in [1.29, 1.82) is 0 Å². The molecule has 2 N–H and O–H groups in total. The van der Waals surface area contributed by atoms with Crippen LogP contribution in [0.5, 0.6) is 5.75 Å². The Bertz CT molecular complexity index is 496. The summed E-state index contributed by atoms with van der Waals surface area (Å²) in [6.45, 7) is 0. The van der Waals surface area contributed by atoms with Gasteiger partial charge in [-0.15, -0.1) is 0 Å². The van der Waals surface area contributed by atoms with Crippen molar-refractivity contribution in [3.63, 3.8) is 0 Å². The molecule has 0 spiro atoms. The molecule has 0 fully saturated rings. The number of nitrogens with two attached hydrogens (primary N) is 1. The van der Waals surface area contributed by atoms with Gasteiger partial charge in [-0.2, -0.15) is 0 Å². The first-order valence-electron chi connectivity index (χ1n) is 5.10. The third kappa shape index (κ3) is 2.01. The summed E-state index contributed by atoms with van der Waals surface area (Å²) in [5, 5.41) is 2.26. The minimum Gasteiger partial charge on any atom is -0.497 e. The van der Waals surface area contributed by atoms with Crippen LogP contribution < -0.4 is 10.5 Å². The molecule has 0 radical (unpaired) electrons. The number of hydrogen-bond acceptors (Lipinski definition) is 3. The molecular formula is C13H15NO2. The van der Waals surface area contributed by atoms with Crippen LogP contribution in [0.2, 0.25) is 0 Å². The van der Waals surface area contributed by atoms with E-state index in [0.29, 0.717) is 0 Å². The van der Waals surface area contributed by atoms with Crippen molar-refractivity contribution in [2.24, 2.45) is 5.73 Å². The van der Waals surface area contributed by atoms with E-state index in [2.05, 4.69) is 0 Å². The van der Waals surface area contributed by atoms with Gasteiger partial charge in [-0.1, -0.05) is 18.2 Å². The molecule has 0 bridgehead atoms. The van der Waals surface area contributed by atoms with E-state index in [1.165, 1.54) is 0 Å². The minimum absolute atomic E-state index is 0.369. The van der Waals surface area contributed by atoms with Gasteiger partial charge in [0.1, 0.15) is 12.0 Å². The number of fused-ring (bicyclic) bond motifs is 1. The summed E-state index contributed by atoms with van der Waals surface area (Å²) in [7, 11) is 3.26. The van der Waals surface area contributed by atoms with Crippen LogP contribution in [0.3, 0.4) is 0 Å². The molecule has 1 atom stereocenters. The van der Waals surface area contributed by atoms with Crippen molar-refractivity contribution < 1.29 is 9.47 Å². The molecule has 1 unspecified atom stereocenters. The van der Waals surface area contributed by atoms with Crippen LogP contribution >= 0.6 is 0 Å². The smallest absolute Gasteiger partial charge is 0.131 e. The minimum atomic E-state index is -0.369. The lowest BCUT2D eigenvalue weighted by Gasteiger charge is -2.11. The van der Waals surface area contributed by atoms with Gasteiger partial charge < -0.3 is 15.2 Å². The number of benzene rings is 2. The second kappa shape index (κ2) is 4.51. The Morgan fingerprint density at radius 2 is 1.69 bits per heavy atom. The van der Waals surface area contributed by atoms with Crippen LogP contribution in [0.4, 0.5) is 0 Å². The van der Waals surface area contributed by atoms with Crippen molar-refractivity contribution in [3.8, 4) is 5.75 Å². The Morgan fingerprint density at radius 3 is 2.38 bits per heavy atom. The van der Waals surface area contributed by atoms with Crippen LogP contribution in [-0.2, 0) is 4.74 Å². The van der Waals surface area contributed by atoms with Crippen molar-refractivity contribution >= 4 is 10.8 Å². The number of ether oxygens (including phenoxy) is 2. The van der Waals surface area contributed by atoms with E-state index in [1.807, 2.05) is 36.4 Å². The van der Waals surface area contributed by atoms with Gasteiger partial charge in [-0.25, -0.2) is 0 Å². The summed E-state index contributed by atoms with van der Waals surface area (Å²) in [5.74, 6) is 0.858. The predicted molar refractivity (Wildman–Crippen MR) is 64.4 cm³/mol. The van der Waals surface area contributed by atoms with Gasteiger partial charge in [0.15, 0.2) is 0 Å². The average Bonchev–Trinajstić information content (AvgIpc) is 2.36. The van der Waals surface area contributed by atoms with E-state index < -0.39 is 0 Å². The van der Waals surface area contributed by atoms with E-state index in [0.717, 1.165) is 22.1 Å². The van der Waals surface area contributed by atoms with E-state index in [1.54, 1.807) is 14.2 Å². The maximum Gasteiger partial charge on any atom is 0.131 e. The molecule has 0 heterocycles. The van der Waals surface area contributed by atoms with Gasteiger partial charge in [0.05, 0.1) is 7.11 Å². The number of hydrogen-bond donors (Lipinski definition) is 1. The van der Waals surface area contributed by atoms with Gasteiger partial charge in [0, 0.05) is 7.11 Å². The Kier molecular flexibility index (Phi) is 3.08. The van der Waals surface area contributed by atoms with Gasteiger partial charge in [0.25, 0.3) is 0 Å². The van der Waals surface area contributed by atoms with Gasteiger partial charge in [-0.3, -0.25) is 0 Å². The monoisotopic (exact) mass is 217 g/mol. The van der Waals surface area contributed by atoms with Crippen molar-refractivity contribution in [2.75, 3.05) is 14.2 Å². The first kappa shape index (κ1) is 10.9. The molecule has 0 aromatic heterocycles.